The lowest BCUT2D eigenvalue weighted by molar-refractivity contribution is 0.0600. The van der Waals surface area contributed by atoms with Gasteiger partial charge in [-0.05, 0) is 24.3 Å². The van der Waals surface area contributed by atoms with Gasteiger partial charge in [-0.3, -0.25) is 4.90 Å². The van der Waals surface area contributed by atoms with Crippen LogP contribution < -0.4 is 4.74 Å². The molecule has 0 unspecified atom stereocenters. The van der Waals surface area contributed by atoms with Crippen molar-refractivity contribution in [3.8, 4) is 5.75 Å². The maximum Gasteiger partial charge on any atom is 0.337 e. The highest BCUT2D eigenvalue weighted by molar-refractivity contribution is 5.89. The highest BCUT2D eigenvalue weighted by atomic mass is 16.5. The minimum Gasteiger partial charge on any atom is -0.478 e. The number of carbonyl (C=O) groups excluding carboxylic acids is 1. The topological polar surface area (TPSA) is 38.8 Å². The molecule has 4 heteroatoms. The molecule has 0 aromatic heterocycles. The predicted octanol–water partition coefficient (Wildman–Crippen LogP) is 1.68. The molecule has 0 aliphatic carbocycles. The fourth-order valence-electron chi connectivity index (χ4n) is 1.60. The lowest BCUT2D eigenvalue weighted by Gasteiger charge is -2.15. The molecule has 4 nitrogen and oxygen atoms in total. The second-order valence-corrected chi connectivity index (χ2v) is 3.80. The second kappa shape index (κ2) is 5.50. The van der Waals surface area contributed by atoms with Crippen LogP contribution in [0.1, 0.15) is 10.4 Å². The number of hydrogen-bond acceptors (Lipinski definition) is 4. The van der Waals surface area contributed by atoms with Gasteiger partial charge in [-0.15, -0.1) is 0 Å². The number of nitrogens with zero attached hydrogens (tertiary/aromatic N) is 1. The molecule has 0 bridgehead atoms. The highest BCUT2D eigenvalue weighted by Crippen LogP contribution is 2.13. The Hall–Kier alpha value is -1.81. The van der Waals surface area contributed by atoms with Gasteiger partial charge in [0.2, 0.25) is 0 Å². The van der Waals surface area contributed by atoms with Crippen LogP contribution in [0.4, 0.5) is 0 Å². The fraction of sp³-hybridized carbons (Fsp3) is 0.308. The molecule has 17 heavy (non-hydrogen) atoms. The van der Waals surface area contributed by atoms with E-state index in [0.29, 0.717) is 12.3 Å². The van der Waals surface area contributed by atoms with Crippen molar-refractivity contribution in [2.24, 2.45) is 0 Å². The molecule has 1 aliphatic heterocycles. The third-order valence-electron chi connectivity index (χ3n) is 2.58. The van der Waals surface area contributed by atoms with Gasteiger partial charge in [0.05, 0.1) is 12.7 Å². The Kier molecular flexibility index (Phi) is 3.77. The maximum absolute atomic E-state index is 11.2. The standard InChI is InChI=1S/C13H15NO3/c1-16-13(15)11-4-6-12(7-5-11)17-10-14-8-2-3-9-14/h2-7H,8-10H2,1H3. The summed E-state index contributed by atoms with van der Waals surface area (Å²) in [6, 6.07) is 6.94. The smallest absolute Gasteiger partial charge is 0.337 e. The first kappa shape index (κ1) is 11.7. The van der Waals surface area contributed by atoms with Gasteiger partial charge in [-0.2, -0.15) is 0 Å². The van der Waals surface area contributed by atoms with Gasteiger partial charge in [0.1, 0.15) is 12.5 Å². The number of rotatable bonds is 4. The molecule has 0 atom stereocenters. The SMILES string of the molecule is COC(=O)c1ccc(OCN2CC=CC2)cc1. The van der Waals surface area contributed by atoms with Crippen molar-refractivity contribution in [1.82, 2.24) is 4.90 Å². The van der Waals surface area contributed by atoms with E-state index >= 15 is 0 Å². The summed E-state index contributed by atoms with van der Waals surface area (Å²) in [7, 11) is 1.37. The van der Waals surface area contributed by atoms with Gasteiger partial charge >= 0.3 is 5.97 Å². The predicted molar refractivity (Wildman–Crippen MR) is 64.0 cm³/mol. The van der Waals surface area contributed by atoms with E-state index in [9.17, 15) is 4.79 Å². The summed E-state index contributed by atoms with van der Waals surface area (Å²) in [5.41, 5.74) is 0.530. The van der Waals surface area contributed by atoms with Crippen molar-refractivity contribution >= 4 is 5.97 Å². The Morgan fingerprint density at radius 2 is 1.88 bits per heavy atom. The van der Waals surface area contributed by atoms with Crippen molar-refractivity contribution in [3.63, 3.8) is 0 Å². The monoisotopic (exact) mass is 233 g/mol. The van der Waals surface area contributed by atoms with E-state index < -0.39 is 0 Å². The molecular weight excluding hydrogens is 218 g/mol. The van der Waals surface area contributed by atoms with Crippen LogP contribution in [0.2, 0.25) is 0 Å². The van der Waals surface area contributed by atoms with E-state index in [0.717, 1.165) is 18.8 Å². The average Bonchev–Trinajstić information content (AvgIpc) is 2.89. The molecule has 0 amide bonds. The molecule has 90 valence electrons. The quantitative estimate of drug-likeness (QED) is 0.586. The van der Waals surface area contributed by atoms with Crippen LogP contribution in [0.3, 0.4) is 0 Å². The first-order chi connectivity index (χ1) is 8.29. The van der Waals surface area contributed by atoms with Crippen molar-refractivity contribution < 1.29 is 14.3 Å². The van der Waals surface area contributed by atoms with Gasteiger partial charge < -0.3 is 9.47 Å². The fourth-order valence-corrected chi connectivity index (χ4v) is 1.60. The Bertz CT molecular complexity index is 403. The van der Waals surface area contributed by atoms with Gasteiger partial charge in [0, 0.05) is 13.1 Å². The summed E-state index contributed by atoms with van der Waals surface area (Å²) in [6.07, 6.45) is 4.23. The van der Waals surface area contributed by atoms with E-state index in [1.165, 1.54) is 7.11 Å². The number of ether oxygens (including phenoxy) is 2. The molecule has 0 N–H and O–H groups in total. The van der Waals surface area contributed by atoms with Crippen molar-refractivity contribution in [3.05, 3.63) is 42.0 Å². The molecule has 1 aromatic rings. The van der Waals surface area contributed by atoms with Gasteiger partial charge in [-0.1, -0.05) is 12.2 Å². The van der Waals surface area contributed by atoms with Crippen LogP contribution in [-0.4, -0.2) is 37.8 Å². The highest BCUT2D eigenvalue weighted by Gasteiger charge is 2.07. The van der Waals surface area contributed by atoms with E-state index in [4.69, 9.17) is 4.74 Å². The first-order valence-electron chi connectivity index (χ1n) is 5.48. The van der Waals surface area contributed by atoms with Gasteiger partial charge in [0.15, 0.2) is 0 Å². The Morgan fingerprint density at radius 3 is 2.47 bits per heavy atom. The largest absolute Gasteiger partial charge is 0.478 e. The molecule has 0 spiro atoms. The number of esters is 1. The molecule has 1 aromatic carbocycles. The van der Waals surface area contributed by atoms with E-state index in [1.807, 2.05) is 0 Å². The van der Waals surface area contributed by atoms with Crippen LogP contribution >= 0.6 is 0 Å². The minimum atomic E-state index is -0.333. The Morgan fingerprint density at radius 1 is 1.24 bits per heavy atom. The van der Waals surface area contributed by atoms with Crippen molar-refractivity contribution in [2.45, 2.75) is 0 Å². The van der Waals surface area contributed by atoms with Crippen LogP contribution in [0.5, 0.6) is 5.75 Å². The van der Waals surface area contributed by atoms with E-state index in [2.05, 4.69) is 21.8 Å². The summed E-state index contributed by atoms with van der Waals surface area (Å²) in [5.74, 6) is 0.421. The molecule has 2 rings (SSSR count). The van der Waals surface area contributed by atoms with Crippen LogP contribution in [-0.2, 0) is 4.74 Å². The lowest BCUT2D eigenvalue weighted by atomic mass is 10.2. The molecule has 0 fully saturated rings. The lowest BCUT2D eigenvalue weighted by Crippen LogP contribution is -2.25. The first-order valence-corrected chi connectivity index (χ1v) is 5.48. The second-order valence-electron chi connectivity index (χ2n) is 3.80. The molecule has 0 radical (unpaired) electrons. The summed E-state index contributed by atoms with van der Waals surface area (Å²) in [4.78, 5) is 13.4. The molecule has 0 saturated carbocycles. The zero-order valence-corrected chi connectivity index (χ0v) is 9.76. The summed E-state index contributed by atoms with van der Waals surface area (Å²) < 4.78 is 10.2. The van der Waals surface area contributed by atoms with E-state index in [-0.39, 0.29) is 5.97 Å². The normalized spacial score (nSPS) is 14.9. The summed E-state index contributed by atoms with van der Waals surface area (Å²) >= 11 is 0. The molecule has 1 aliphatic rings. The Labute approximate surface area is 100 Å². The number of carbonyl (C=O) groups is 1. The van der Waals surface area contributed by atoms with Crippen molar-refractivity contribution in [1.29, 1.82) is 0 Å². The summed E-state index contributed by atoms with van der Waals surface area (Å²) in [5, 5.41) is 0. The number of benzene rings is 1. The minimum absolute atomic E-state index is 0.333. The van der Waals surface area contributed by atoms with Crippen LogP contribution in [0, 0.1) is 0 Å². The van der Waals surface area contributed by atoms with Gasteiger partial charge in [0.25, 0.3) is 0 Å². The third kappa shape index (κ3) is 3.07. The number of hydrogen-bond donors (Lipinski definition) is 0. The third-order valence-corrected chi connectivity index (χ3v) is 2.58. The molecule has 0 saturated heterocycles. The maximum atomic E-state index is 11.2. The van der Waals surface area contributed by atoms with Crippen molar-refractivity contribution in [2.75, 3.05) is 26.9 Å². The van der Waals surface area contributed by atoms with Gasteiger partial charge in [-0.25, -0.2) is 4.79 Å². The van der Waals surface area contributed by atoms with Crippen LogP contribution in [0.25, 0.3) is 0 Å². The number of methoxy groups -OCH3 is 1. The zero-order chi connectivity index (χ0) is 12.1. The summed E-state index contributed by atoms with van der Waals surface area (Å²) in [6.45, 7) is 2.42. The molecule has 1 heterocycles. The molecular formula is C13H15NO3. The average molecular weight is 233 g/mol. The van der Waals surface area contributed by atoms with E-state index in [1.54, 1.807) is 24.3 Å². The Balaban J connectivity index is 1.87. The van der Waals surface area contributed by atoms with Crippen LogP contribution in [0.15, 0.2) is 36.4 Å². The zero-order valence-electron chi connectivity index (χ0n) is 9.76.